The number of aliphatic carboxylic acids is 1. The van der Waals surface area contributed by atoms with E-state index >= 15 is 0 Å². The molecule has 1 saturated heterocycles. The Balaban J connectivity index is 1.64. The van der Waals surface area contributed by atoms with E-state index in [0.29, 0.717) is 0 Å². The fraction of sp³-hybridized carbons (Fsp3) is 0.750. The highest BCUT2D eigenvalue weighted by Gasteiger charge is 2.53. The first-order valence-electron chi connectivity index (χ1n) is 8.04. The molecule has 3 rings (SSSR count). The van der Waals surface area contributed by atoms with Gasteiger partial charge in [0.05, 0.1) is 18.1 Å². The molecular formula is C16H23NO4. The molecule has 0 aromatic carbocycles. The summed E-state index contributed by atoms with van der Waals surface area (Å²) < 4.78 is 5.56. The minimum Gasteiger partial charge on any atom is -0.481 e. The summed E-state index contributed by atoms with van der Waals surface area (Å²) >= 11 is 0. The van der Waals surface area contributed by atoms with Crippen LogP contribution < -0.4 is 5.32 Å². The number of nitrogens with one attached hydrogen (secondary N) is 1. The van der Waals surface area contributed by atoms with Crippen molar-refractivity contribution in [3.63, 3.8) is 0 Å². The molecule has 1 saturated carbocycles. The average molecular weight is 293 g/mol. The lowest BCUT2D eigenvalue weighted by Gasteiger charge is -2.26. The van der Waals surface area contributed by atoms with Crippen LogP contribution in [0.1, 0.15) is 44.9 Å². The quantitative estimate of drug-likeness (QED) is 0.779. The summed E-state index contributed by atoms with van der Waals surface area (Å²) in [7, 11) is 0. The van der Waals surface area contributed by atoms with Crippen LogP contribution in [-0.2, 0) is 14.3 Å². The Kier molecular flexibility index (Phi) is 4.29. The molecule has 4 atom stereocenters. The van der Waals surface area contributed by atoms with E-state index in [4.69, 9.17) is 4.74 Å². The minimum atomic E-state index is -0.940. The molecular weight excluding hydrogens is 270 g/mol. The van der Waals surface area contributed by atoms with E-state index in [-0.39, 0.29) is 18.1 Å². The molecule has 0 radical (unpaired) electrons. The van der Waals surface area contributed by atoms with E-state index in [2.05, 4.69) is 5.32 Å². The molecule has 5 heteroatoms. The minimum absolute atomic E-state index is 0.148. The molecule has 0 spiro atoms. The molecule has 2 N–H and O–H groups in total. The lowest BCUT2D eigenvalue weighted by Crippen LogP contribution is -2.46. The standard InChI is InChI=1S/C16H23NO4/c18-15(17-10-6-4-2-1-3-5-7-10)13-11-8-9-12(21-11)14(13)16(19)20/h8-14H,1-7H2,(H,17,18)(H,19,20)/t11-,12-,13+,14-/m0/s1. The smallest absolute Gasteiger partial charge is 0.310 e. The molecule has 2 heterocycles. The van der Waals surface area contributed by atoms with E-state index < -0.39 is 23.9 Å². The summed E-state index contributed by atoms with van der Waals surface area (Å²) in [5, 5.41) is 12.4. The van der Waals surface area contributed by atoms with Gasteiger partial charge in [-0.1, -0.05) is 44.3 Å². The van der Waals surface area contributed by atoms with Crippen molar-refractivity contribution in [3.05, 3.63) is 12.2 Å². The number of hydrogen-bond acceptors (Lipinski definition) is 3. The molecule has 0 aromatic heterocycles. The summed E-state index contributed by atoms with van der Waals surface area (Å²) in [6.45, 7) is 0. The Morgan fingerprint density at radius 3 is 2.14 bits per heavy atom. The highest BCUT2D eigenvalue weighted by atomic mass is 16.5. The summed E-state index contributed by atoms with van der Waals surface area (Å²) in [5.41, 5.74) is 0. The van der Waals surface area contributed by atoms with Crippen molar-refractivity contribution >= 4 is 11.9 Å². The molecule has 3 aliphatic rings. The third-order valence-corrected chi connectivity index (χ3v) is 4.94. The van der Waals surface area contributed by atoms with Crippen LogP contribution in [0.3, 0.4) is 0 Å². The molecule has 116 valence electrons. The van der Waals surface area contributed by atoms with Crippen molar-refractivity contribution in [1.29, 1.82) is 0 Å². The van der Waals surface area contributed by atoms with E-state index in [9.17, 15) is 14.7 Å². The number of fused-ring (bicyclic) bond motifs is 2. The largest absolute Gasteiger partial charge is 0.481 e. The molecule has 2 fully saturated rings. The second-order valence-corrected chi connectivity index (χ2v) is 6.39. The van der Waals surface area contributed by atoms with Crippen molar-refractivity contribution in [2.75, 3.05) is 0 Å². The summed E-state index contributed by atoms with van der Waals surface area (Å²) in [6, 6.07) is 0.190. The van der Waals surface area contributed by atoms with Gasteiger partial charge in [0.1, 0.15) is 5.92 Å². The van der Waals surface area contributed by atoms with Crippen LogP contribution >= 0.6 is 0 Å². The van der Waals surface area contributed by atoms with Crippen molar-refractivity contribution in [2.45, 2.75) is 63.2 Å². The molecule has 21 heavy (non-hydrogen) atoms. The SMILES string of the molecule is O=C(O)[C@@H]1[C@H](C(=O)NC2CCCCCCC2)[C@@H]2C=C[C@@H]1O2. The fourth-order valence-corrected chi connectivity index (χ4v) is 3.81. The molecule has 0 unspecified atom stereocenters. The maximum absolute atomic E-state index is 12.5. The highest BCUT2D eigenvalue weighted by molar-refractivity contribution is 5.87. The van der Waals surface area contributed by atoms with E-state index in [0.717, 1.165) is 25.7 Å². The van der Waals surface area contributed by atoms with Crippen molar-refractivity contribution in [2.24, 2.45) is 11.8 Å². The summed E-state index contributed by atoms with van der Waals surface area (Å²) in [5.74, 6) is -2.41. The summed E-state index contributed by atoms with van der Waals surface area (Å²) in [6.07, 6.45) is 10.8. The lowest BCUT2D eigenvalue weighted by molar-refractivity contribution is -0.146. The van der Waals surface area contributed by atoms with Gasteiger partial charge in [-0.3, -0.25) is 9.59 Å². The predicted octanol–water partition coefficient (Wildman–Crippen LogP) is 1.87. The van der Waals surface area contributed by atoms with Gasteiger partial charge in [-0.05, 0) is 12.8 Å². The third kappa shape index (κ3) is 2.98. The first-order chi connectivity index (χ1) is 10.2. The third-order valence-electron chi connectivity index (χ3n) is 4.94. The fourth-order valence-electron chi connectivity index (χ4n) is 3.81. The second-order valence-electron chi connectivity index (χ2n) is 6.39. The van der Waals surface area contributed by atoms with Gasteiger partial charge in [-0.2, -0.15) is 0 Å². The zero-order valence-corrected chi connectivity index (χ0v) is 12.2. The highest BCUT2D eigenvalue weighted by Crippen LogP contribution is 2.39. The Hall–Kier alpha value is -1.36. The van der Waals surface area contributed by atoms with Gasteiger partial charge in [-0.25, -0.2) is 0 Å². The van der Waals surface area contributed by atoms with Crippen molar-refractivity contribution in [1.82, 2.24) is 5.32 Å². The maximum atomic E-state index is 12.5. The van der Waals surface area contributed by atoms with Gasteiger partial charge < -0.3 is 15.2 Å². The molecule has 2 aliphatic heterocycles. The topological polar surface area (TPSA) is 75.6 Å². The van der Waals surface area contributed by atoms with Gasteiger partial charge in [0, 0.05) is 6.04 Å². The number of carboxylic acid groups (broad SMARTS) is 1. The van der Waals surface area contributed by atoms with Gasteiger partial charge in [0.25, 0.3) is 0 Å². The predicted molar refractivity (Wildman–Crippen MR) is 76.7 cm³/mol. The zero-order valence-electron chi connectivity index (χ0n) is 12.2. The number of carboxylic acids is 1. The zero-order chi connectivity index (χ0) is 14.8. The lowest BCUT2D eigenvalue weighted by atomic mass is 9.82. The Morgan fingerprint density at radius 1 is 0.952 bits per heavy atom. The number of carbonyl (C=O) groups excluding carboxylic acids is 1. The van der Waals surface area contributed by atoms with Gasteiger partial charge in [-0.15, -0.1) is 0 Å². The normalized spacial score (nSPS) is 36.2. The van der Waals surface area contributed by atoms with Crippen LogP contribution in [0.2, 0.25) is 0 Å². The van der Waals surface area contributed by atoms with Gasteiger partial charge in [0.15, 0.2) is 0 Å². The molecule has 5 nitrogen and oxygen atoms in total. The first kappa shape index (κ1) is 14.6. The van der Waals surface area contributed by atoms with Crippen molar-refractivity contribution in [3.8, 4) is 0 Å². The Morgan fingerprint density at radius 2 is 1.52 bits per heavy atom. The molecule has 1 amide bonds. The Bertz CT molecular complexity index is 440. The van der Waals surface area contributed by atoms with Crippen LogP contribution in [0.4, 0.5) is 0 Å². The molecule has 0 aromatic rings. The van der Waals surface area contributed by atoms with Gasteiger partial charge in [0.2, 0.25) is 5.91 Å². The van der Waals surface area contributed by atoms with Gasteiger partial charge >= 0.3 is 5.97 Å². The number of amides is 1. The first-order valence-corrected chi connectivity index (χ1v) is 8.04. The summed E-state index contributed by atoms with van der Waals surface area (Å²) in [4.78, 5) is 23.9. The number of hydrogen-bond donors (Lipinski definition) is 2. The van der Waals surface area contributed by atoms with Crippen LogP contribution in [0, 0.1) is 11.8 Å². The van der Waals surface area contributed by atoms with E-state index in [1.165, 1.54) is 19.3 Å². The van der Waals surface area contributed by atoms with Crippen LogP contribution in [0.5, 0.6) is 0 Å². The van der Waals surface area contributed by atoms with Crippen molar-refractivity contribution < 1.29 is 19.4 Å². The Labute approximate surface area is 124 Å². The number of ether oxygens (including phenoxy) is 1. The second kappa shape index (κ2) is 6.18. The number of rotatable bonds is 3. The average Bonchev–Trinajstić information content (AvgIpc) is 3.01. The van der Waals surface area contributed by atoms with Crippen LogP contribution in [-0.4, -0.2) is 35.2 Å². The number of carbonyl (C=O) groups is 2. The van der Waals surface area contributed by atoms with Crippen LogP contribution in [0.25, 0.3) is 0 Å². The monoisotopic (exact) mass is 293 g/mol. The van der Waals surface area contributed by atoms with E-state index in [1.54, 1.807) is 6.08 Å². The molecule has 2 bridgehead atoms. The van der Waals surface area contributed by atoms with E-state index in [1.807, 2.05) is 6.08 Å². The molecule has 1 aliphatic carbocycles. The van der Waals surface area contributed by atoms with Crippen LogP contribution in [0.15, 0.2) is 12.2 Å². The maximum Gasteiger partial charge on any atom is 0.310 e.